The van der Waals surface area contributed by atoms with Crippen molar-refractivity contribution < 1.29 is 32.3 Å². The van der Waals surface area contributed by atoms with E-state index >= 15 is 0 Å². The van der Waals surface area contributed by atoms with Crippen molar-refractivity contribution in [2.75, 3.05) is 7.11 Å². The first kappa shape index (κ1) is 20.6. The summed E-state index contributed by atoms with van der Waals surface area (Å²) >= 11 is 0. The molecule has 0 aliphatic carbocycles. The van der Waals surface area contributed by atoms with Gasteiger partial charge in [0.1, 0.15) is 6.04 Å². The van der Waals surface area contributed by atoms with E-state index in [1.54, 1.807) is 12.1 Å². The van der Waals surface area contributed by atoms with Crippen LogP contribution in [-0.2, 0) is 29.1 Å². The fourth-order valence-electron chi connectivity index (χ4n) is 1.65. The number of amides is 2. The SMILES string of the molecule is COC(=O)NC(=O)[C@@H](C)OC(=O)[C@H](C)NS(=O)(=O)c1ccc(C)cc1. The van der Waals surface area contributed by atoms with E-state index in [1.165, 1.54) is 26.0 Å². The van der Waals surface area contributed by atoms with Crippen LogP contribution in [0.25, 0.3) is 0 Å². The van der Waals surface area contributed by atoms with Crippen LogP contribution in [0.3, 0.4) is 0 Å². The molecule has 0 bridgehead atoms. The van der Waals surface area contributed by atoms with Crippen LogP contribution in [0.2, 0.25) is 0 Å². The van der Waals surface area contributed by atoms with E-state index in [-0.39, 0.29) is 4.90 Å². The fourth-order valence-corrected chi connectivity index (χ4v) is 2.84. The molecule has 0 fully saturated rings. The van der Waals surface area contributed by atoms with Gasteiger partial charge in [-0.2, -0.15) is 4.72 Å². The molecule has 0 unspecified atom stereocenters. The van der Waals surface area contributed by atoms with E-state index in [9.17, 15) is 22.8 Å². The van der Waals surface area contributed by atoms with E-state index in [1.807, 2.05) is 12.2 Å². The number of imide groups is 1. The second kappa shape index (κ2) is 8.58. The highest BCUT2D eigenvalue weighted by Gasteiger charge is 2.27. The summed E-state index contributed by atoms with van der Waals surface area (Å²) in [6.07, 6.45) is -2.31. The smallest absolute Gasteiger partial charge is 0.413 e. The zero-order valence-corrected chi connectivity index (χ0v) is 15.0. The molecule has 1 aromatic carbocycles. The Hall–Kier alpha value is -2.46. The number of hydrogen-bond acceptors (Lipinski definition) is 7. The minimum absolute atomic E-state index is 0.00534. The number of nitrogens with one attached hydrogen (secondary N) is 2. The topological polar surface area (TPSA) is 128 Å². The first-order chi connectivity index (χ1) is 11.6. The molecule has 0 radical (unpaired) electrons. The molecular weight excluding hydrogens is 352 g/mol. The number of rotatable bonds is 6. The van der Waals surface area contributed by atoms with Crippen molar-refractivity contribution in [1.29, 1.82) is 0 Å². The largest absolute Gasteiger partial charge is 0.453 e. The molecular formula is C15H20N2O7S. The summed E-state index contributed by atoms with van der Waals surface area (Å²) < 4.78 is 35.6. The van der Waals surface area contributed by atoms with Crippen molar-refractivity contribution in [2.24, 2.45) is 0 Å². The Morgan fingerprint density at radius 2 is 1.64 bits per heavy atom. The number of hydrogen-bond donors (Lipinski definition) is 2. The van der Waals surface area contributed by atoms with Gasteiger partial charge >= 0.3 is 12.1 Å². The maximum Gasteiger partial charge on any atom is 0.413 e. The predicted molar refractivity (Wildman–Crippen MR) is 87.1 cm³/mol. The fraction of sp³-hybridized carbons (Fsp3) is 0.400. The highest BCUT2D eigenvalue weighted by Crippen LogP contribution is 2.11. The molecule has 1 rings (SSSR count). The Morgan fingerprint density at radius 1 is 1.08 bits per heavy atom. The lowest BCUT2D eigenvalue weighted by atomic mass is 10.2. The van der Waals surface area contributed by atoms with Gasteiger partial charge in [0.15, 0.2) is 6.10 Å². The van der Waals surface area contributed by atoms with Crippen LogP contribution in [0, 0.1) is 6.92 Å². The molecule has 0 aromatic heterocycles. The number of esters is 1. The molecule has 0 saturated carbocycles. The van der Waals surface area contributed by atoms with Crippen LogP contribution in [-0.4, -0.2) is 45.6 Å². The summed E-state index contributed by atoms with van der Waals surface area (Å²) in [6.45, 7) is 4.32. The third kappa shape index (κ3) is 6.16. The van der Waals surface area contributed by atoms with Gasteiger partial charge in [0.2, 0.25) is 10.0 Å². The number of benzene rings is 1. The Labute approximate surface area is 145 Å². The van der Waals surface area contributed by atoms with Gasteiger partial charge < -0.3 is 9.47 Å². The van der Waals surface area contributed by atoms with E-state index in [0.717, 1.165) is 12.7 Å². The first-order valence-electron chi connectivity index (χ1n) is 7.25. The van der Waals surface area contributed by atoms with Gasteiger partial charge in [-0.25, -0.2) is 13.2 Å². The Morgan fingerprint density at radius 3 is 2.16 bits per heavy atom. The Bertz CT molecular complexity index is 744. The van der Waals surface area contributed by atoms with Crippen molar-refractivity contribution in [2.45, 2.75) is 37.8 Å². The van der Waals surface area contributed by atoms with Gasteiger partial charge in [-0.15, -0.1) is 0 Å². The summed E-state index contributed by atoms with van der Waals surface area (Å²) in [4.78, 5) is 34.4. The highest BCUT2D eigenvalue weighted by atomic mass is 32.2. The number of methoxy groups -OCH3 is 1. The number of alkyl carbamates (subject to hydrolysis) is 1. The average molecular weight is 372 g/mol. The van der Waals surface area contributed by atoms with Crippen LogP contribution in [0.1, 0.15) is 19.4 Å². The van der Waals surface area contributed by atoms with Crippen molar-refractivity contribution in [3.63, 3.8) is 0 Å². The molecule has 9 nitrogen and oxygen atoms in total. The number of aryl methyl sites for hydroxylation is 1. The number of carbonyl (C=O) groups is 3. The molecule has 2 amide bonds. The van der Waals surface area contributed by atoms with Crippen molar-refractivity contribution in [1.82, 2.24) is 10.0 Å². The van der Waals surface area contributed by atoms with Crippen LogP contribution in [0.15, 0.2) is 29.2 Å². The summed E-state index contributed by atoms with van der Waals surface area (Å²) in [5.74, 6) is -1.86. The average Bonchev–Trinajstić information content (AvgIpc) is 2.54. The summed E-state index contributed by atoms with van der Waals surface area (Å²) in [5.41, 5.74) is 0.886. The summed E-state index contributed by atoms with van der Waals surface area (Å²) in [7, 11) is -2.86. The maximum atomic E-state index is 12.2. The van der Waals surface area contributed by atoms with Crippen LogP contribution in [0.5, 0.6) is 0 Å². The molecule has 0 aliphatic rings. The lowest BCUT2D eigenvalue weighted by molar-refractivity contribution is -0.155. The van der Waals surface area contributed by atoms with E-state index < -0.39 is 40.1 Å². The minimum atomic E-state index is -3.93. The van der Waals surface area contributed by atoms with Crippen LogP contribution < -0.4 is 10.0 Å². The first-order valence-corrected chi connectivity index (χ1v) is 8.73. The predicted octanol–water partition coefficient (Wildman–Crippen LogP) is 0.476. The molecule has 0 aliphatic heterocycles. The minimum Gasteiger partial charge on any atom is -0.453 e. The Balaban J connectivity index is 2.68. The lowest BCUT2D eigenvalue weighted by Gasteiger charge is -2.17. The van der Waals surface area contributed by atoms with Gasteiger partial charge in [-0.05, 0) is 32.9 Å². The molecule has 0 spiro atoms. The maximum absolute atomic E-state index is 12.2. The third-order valence-electron chi connectivity index (χ3n) is 3.09. The molecule has 0 saturated heterocycles. The van der Waals surface area contributed by atoms with Gasteiger partial charge in [-0.1, -0.05) is 17.7 Å². The quantitative estimate of drug-likeness (QED) is 0.695. The summed E-state index contributed by atoms with van der Waals surface area (Å²) in [6, 6.07) is 4.82. The normalized spacial score (nSPS) is 13.4. The van der Waals surface area contributed by atoms with E-state index in [2.05, 4.69) is 9.46 Å². The molecule has 10 heteroatoms. The molecule has 138 valence electrons. The van der Waals surface area contributed by atoms with Crippen molar-refractivity contribution in [3.8, 4) is 0 Å². The molecule has 25 heavy (non-hydrogen) atoms. The van der Waals surface area contributed by atoms with Crippen LogP contribution in [0.4, 0.5) is 4.79 Å². The number of carbonyl (C=O) groups excluding carboxylic acids is 3. The van der Waals surface area contributed by atoms with E-state index in [0.29, 0.717) is 0 Å². The number of ether oxygens (including phenoxy) is 2. The molecule has 2 atom stereocenters. The second-order valence-corrected chi connectivity index (χ2v) is 6.93. The van der Waals surface area contributed by atoms with Crippen molar-refractivity contribution in [3.05, 3.63) is 29.8 Å². The van der Waals surface area contributed by atoms with E-state index in [4.69, 9.17) is 4.74 Å². The van der Waals surface area contributed by atoms with Crippen LogP contribution >= 0.6 is 0 Å². The zero-order chi connectivity index (χ0) is 19.2. The molecule has 1 aromatic rings. The van der Waals surface area contributed by atoms with Gasteiger partial charge in [0.25, 0.3) is 5.91 Å². The summed E-state index contributed by atoms with van der Waals surface area (Å²) in [5, 5.41) is 1.84. The molecule has 2 N–H and O–H groups in total. The third-order valence-corrected chi connectivity index (χ3v) is 4.65. The second-order valence-electron chi connectivity index (χ2n) is 5.22. The lowest BCUT2D eigenvalue weighted by Crippen LogP contribution is -2.44. The zero-order valence-electron chi connectivity index (χ0n) is 14.2. The van der Waals surface area contributed by atoms with Crippen molar-refractivity contribution >= 4 is 28.0 Å². The standard InChI is InChI=1S/C15H20N2O7S/c1-9-5-7-12(8-6-9)25(21,22)17-10(2)14(19)24-11(3)13(18)16-15(20)23-4/h5-8,10-11,17H,1-4H3,(H,16,18,20)/t10-,11+/m0/s1. The van der Waals surface area contributed by atoms with Gasteiger partial charge in [-0.3, -0.25) is 14.9 Å². The van der Waals surface area contributed by atoms with Gasteiger partial charge in [0, 0.05) is 0 Å². The number of sulfonamides is 1. The van der Waals surface area contributed by atoms with Gasteiger partial charge in [0.05, 0.1) is 12.0 Å². The Kier molecular flexibility index (Phi) is 7.07. The monoisotopic (exact) mass is 372 g/mol. The highest BCUT2D eigenvalue weighted by molar-refractivity contribution is 7.89. The molecule has 0 heterocycles.